The molecular formula is C20H27F3N2O3. The van der Waals surface area contributed by atoms with Crippen LogP contribution in [0.5, 0.6) is 0 Å². The number of nitrogens with one attached hydrogen (secondary N) is 1. The summed E-state index contributed by atoms with van der Waals surface area (Å²) < 4.78 is 43.2. The highest BCUT2D eigenvalue weighted by molar-refractivity contribution is 5.83. The van der Waals surface area contributed by atoms with Crippen LogP contribution in [-0.4, -0.2) is 42.1 Å². The molecular weight excluding hydrogens is 373 g/mol. The van der Waals surface area contributed by atoms with Crippen LogP contribution in [0.1, 0.15) is 51.2 Å². The van der Waals surface area contributed by atoms with Gasteiger partial charge in [0.25, 0.3) is 0 Å². The zero-order chi connectivity index (χ0) is 21.1. The summed E-state index contributed by atoms with van der Waals surface area (Å²) in [6, 6.07) is 4.95. The van der Waals surface area contributed by atoms with Crippen molar-refractivity contribution in [3.05, 3.63) is 35.4 Å². The molecule has 0 aliphatic heterocycles. The zero-order valence-electron chi connectivity index (χ0n) is 16.6. The van der Waals surface area contributed by atoms with Crippen LogP contribution < -0.4 is 5.32 Å². The average molecular weight is 400 g/mol. The molecule has 1 N–H and O–H groups in total. The van der Waals surface area contributed by atoms with Crippen LogP contribution >= 0.6 is 0 Å². The Hall–Kier alpha value is -2.25. The maximum Gasteiger partial charge on any atom is 0.416 e. The first-order valence-electron chi connectivity index (χ1n) is 9.35. The van der Waals surface area contributed by atoms with Crippen LogP contribution in [0.3, 0.4) is 0 Å². The monoisotopic (exact) mass is 400 g/mol. The molecule has 0 radical (unpaired) electrons. The molecule has 2 rings (SSSR count). The van der Waals surface area contributed by atoms with Gasteiger partial charge in [0.2, 0.25) is 5.91 Å². The second-order valence-electron chi connectivity index (χ2n) is 7.92. The van der Waals surface area contributed by atoms with Crippen molar-refractivity contribution < 1.29 is 27.5 Å². The van der Waals surface area contributed by atoms with Crippen LogP contribution in [0, 0.1) is 5.92 Å². The van der Waals surface area contributed by atoms with E-state index in [1.807, 2.05) is 6.92 Å². The fraction of sp³-hybridized carbons (Fsp3) is 0.600. The third kappa shape index (κ3) is 6.14. The number of carbonyl (C=O) groups is 2. The first kappa shape index (κ1) is 22.0. The molecule has 0 bridgehead atoms. The van der Waals surface area contributed by atoms with Gasteiger partial charge in [-0.1, -0.05) is 12.1 Å². The molecule has 2 amide bonds. The maximum absolute atomic E-state index is 12.6. The molecule has 0 heterocycles. The molecule has 2 atom stereocenters. The summed E-state index contributed by atoms with van der Waals surface area (Å²) in [5, 5.41) is 2.79. The SMILES string of the molecule is CCN(CCNC(=O)C1CC1c1ccc(C(F)(F)F)cc1)C(=O)OC(C)(C)C. The Labute approximate surface area is 163 Å². The van der Waals surface area contributed by atoms with Gasteiger partial charge in [-0.3, -0.25) is 4.79 Å². The van der Waals surface area contributed by atoms with Gasteiger partial charge in [-0.25, -0.2) is 4.79 Å². The van der Waals surface area contributed by atoms with Gasteiger partial charge in [0.15, 0.2) is 0 Å². The highest BCUT2D eigenvalue weighted by Gasteiger charge is 2.44. The third-order valence-electron chi connectivity index (χ3n) is 4.51. The highest BCUT2D eigenvalue weighted by Crippen LogP contribution is 2.47. The fourth-order valence-corrected chi connectivity index (χ4v) is 2.92. The molecule has 1 saturated carbocycles. The number of hydrogen-bond donors (Lipinski definition) is 1. The minimum Gasteiger partial charge on any atom is -0.444 e. The van der Waals surface area contributed by atoms with Crippen LogP contribution in [0.4, 0.5) is 18.0 Å². The maximum atomic E-state index is 12.6. The summed E-state index contributed by atoms with van der Waals surface area (Å²) in [4.78, 5) is 25.8. The number of ether oxygens (including phenoxy) is 1. The largest absolute Gasteiger partial charge is 0.444 e. The van der Waals surface area contributed by atoms with Crippen LogP contribution in [0.25, 0.3) is 0 Å². The quantitative estimate of drug-likeness (QED) is 0.779. The highest BCUT2D eigenvalue weighted by atomic mass is 19.4. The van der Waals surface area contributed by atoms with Crippen molar-refractivity contribution in [2.24, 2.45) is 5.92 Å². The van der Waals surface area contributed by atoms with Gasteiger partial charge in [0.05, 0.1) is 5.56 Å². The third-order valence-corrected chi connectivity index (χ3v) is 4.51. The minimum atomic E-state index is -4.36. The fourth-order valence-electron chi connectivity index (χ4n) is 2.92. The summed E-state index contributed by atoms with van der Waals surface area (Å²) in [6.45, 7) is 8.27. The van der Waals surface area contributed by atoms with E-state index in [0.717, 1.165) is 17.7 Å². The topological polar surface area (TPSA) is 58.6 Å². The summed E-state index contributed by atoms with van der Waals surface area (Å²) in [5.74, 6) is -0.450. The molecule has 0 saturated heterocycles. The summed E-state index contributed by atoms with van der Waals surface area (Å²) in [7, 11) is 0. The molecule has 1 aliphatic rings. The first-order valence-corrected chi connectivity index (χ1v) is 9.35. The van der Waals surface area contributed by atoms with E-state index in [4.69, 9.17) is 4.74 Å². The van der Waals surface area contributed by atoms with E-state index in [1.54, 1.807) is 20.8 Å². The van der Waals surface area contributed by atoms with E-state index in [0.29, 0.717) is 26.1 Å². The lowest BCUT2D eigenvalue weighted by Gasteiger charge is -2.26. The minimum absolute atomic E-state index is 0.0598. The molecule has 2 unspecified atom stereocenters. The van der Waals surface area contributed by atoms with E-state index >= 15 is 0 Å². The second-order valence-corrected chi connectivity index (χ2v) is 7.92. The zero-order valence-corrected chi connectivity index (χ0v) is 16.6. The van der Waals surface area contributed by atoms with Crippen molar-refractivity contribution in [3.8, 4) is 0 Å². The lowest BCUT2D eigenvalue weighted by Crippen LogP contribution is -2.41. The van der Waals surface area contributed by atoms with Gasteiger partial charge in [-0.05, 0) is 57.7 Å². The lowest BCUT2D eigenvalue weighted by atomic mass is 10.1. The van der Waals surface area contributed by atoms with Crippen molar-refractivity contribution in [1.82, 2.24) is 10.2 Å². The Morgan fingerprint density at radius 2 is 1.79 bits per heavy atom. The van der Waals surface area contributed by atoms with Crippen molar-refractivity contribution >= 4 is 12.0 Å². The number of amides is 2. The van der Waals surface area contributed by atoms with Gasteiger partial charge in [-0.15, -0.1) is 0 Å². The molecule has 5 nitrogen and oxygen atoms in total. The number of hydrogen-bond acceptors (Lipinski definition) is 3. The number of alkyl halides is 3. The van der Waals surface area contributed by atoms with Gasteiger partial charge in [0, 0.05) is 25.6 Å². The predicted octanol–water partition coefficient (Wildman–Crippen LogP) is 4.18. The summed E-state index contributed by atoms with van der Waals surface area (Å²) >= 11 is 0. The van der Waals surface area contributed by atoms with E-state index in [2.05, 4.69) is 5.32 Å². The Morgan fingerprint density at radius 1 is 1.18 bits per heavy atom. The molecule has 8 heteroatoms. The molecule has 1 aromatic rings. The standard InChI is InChI=1S/C20H27F3N2O3/c1-5-25(18(27)28-19(2,3)4)11-10-24-17(26)16-12-15(16)13-6-8-14(9-7-13)20(21,22)23/h6-9,15-16H,5,10-12H2,1-4H3,(H,24,26). The number of benzene rings is 1. The number of likely N-dealkylation sites (N-methyl/N-ethyl adjacent to an activating group) is 1. The van der Waals surface area contributed by atoms with Crippen LogP contribution in [-0.2, 0) is 15.7 Å². The van der Waals surface area contributed by atoms with Crippen LogP contribution in [0.2, 0.25) is 0 Å². The number of rotatable bonds is 6. The average Bonchev–Trinajstić information content (AvgIpc) is 3.37. The Bertz CT molecular complexity index is 696. The van der Waals surface area contributed by atoms with E-state index in [1.165, 1.54) is 17.0 Å². The molecule has 0 aromatic heterocycles. The van der Waals surface area contributed by atoms with Gasteiger partial charge < -0.3 is 15.0 Å². The Balaban J connectivity index is 1.79. The molecule has 156 valence electrons. The van der Waals surface area contributed by atoms with E-state index in [9.17, 15) is 22.8 Å². The Kier molecular flexibility index (Phi) is 6.62. The number of nitrogens with zero attached hydrogens (tertiary/aromatic N) is 1. The predicted molar refractivity (Wildman–Crippen MR) is 98.8 cm³/mol. The van der Waals surface area contributed by atoms with E-state index in [-0.39, 0.29) is 17.7 Å². The van der Waals surface area contributed by atoms with Crippen molar-refractivity contribution in [1.29, 1.82) is 0 Å². The molecule has 1 aromatic carbocycles. The summed E-state index contributed by atoms with van der Waals surface area (Å²) in [6.07, 6.45) is -4.18. The first-order chi connectivity index (χ1) is 12.9. The summed E-state index contributed by atoms with van der Waals surface area (Å²) in [5.41, 5.74) is -0.548. The molecule has 1 aliphatic carbocycles. The van der Waals surface area contributed by atoms with Gasteiger partial charge in [0.1, 0.15) is 5.60 Å². The van der Waals surface area contributed by atoms with E-state index < -0.39 is 23.4 Å². The van der Waals surface area contributed by atoms with Crippen molar-refractivity contribution in [2.75, 3.05) is 19.6 Å². The van der Waals surface area contributed by atoms with Crippen molar-refractivity contribution in [2.45, 2.75) is 51.8 Å². The number of carbonyl (C=O) groups excluding carboxylic acids is 2. The smallest absolute Gasteiger partial charge is 0.416 e. The van der Waals surface area contributed by atoms with Crippen LogP contribution in [0.15, 0.2) is 24.3 Å². The lowest BCUT2D eigenvalue weighted by molar-refractivity contribution is -0.137. The molecule has 1 fully saturated rings. The molecule has 0 spiro atoms. The second kappa shape index (κ2) is 8.41. The van der Waals surface area contributed by atoms with Gasteiger partial charge >= 0.3 is 12.3 Å². The van der Waals surface area contributed by atoms with Crippen molar-refractivity contribution in [3.63, 3.8) is 0 Å². The normalized spacial score (nSPS) is 19.1. The Morgan fingerprint density at radius 3 is 2.29 bits per heavy atom. The molecule has 28 heavy (non-hydrogen) atoms. The van der Waals surface area contributed by atoms with Gasteiger partial charge in [-0.2, -0.15) is 13.2 Å². The number of halogens is 3.